The molecule has 0 radical (unpaired) electrons. The Balaban J connectivity index is 1.85. The van der Waals surface area contributed by atoms with Crippen molar-refractivity contribution in [2.45, 2.75) is 32.7 Å². The Hall–Kier alpha value is -2.82. The first-order chi connectivity index (χ1) is 13.1. The van der Waals surface area contributed by atoms with E-state index in [4.69, 9.17) is 4.74 Å². The molecule has 0 N–H and O–H groups in total. The molecule has 1 aliphatic heterocycles. The highest BCUT2D eigenvalue weighted by molar-refractivity contribution is 5.92. The third-order valence-corrected chi connectivity index (χ3v) is 4.89. The number of hydrogen-bond donors (Lipinski definition) is 0. The quantitative estimate of drug-likeness (QED) is 0.754. The summed E-state index contributed by atoms with van der Waals surface area (Å²) in [6.07, 6.45) is 3.30. The topological polar surface area (TPSA) is 49.9 Å². The second-order valence-electron chi connectivity index (χ2n) is 6.94. The Kier molecular flexibility index (Phi) is 6.12. The summed E-state index contributed by atoms with van der Waals surface area (Å²) in [6, 6.07) is 15.3. The summed E-state index contributed by atoms with van der Waals surface area (Å²) in [4.78, 5) is 28.6. The minimum atomic E-state index is -0.360. The smallest absolute Gasteiger partial charge is 0.337 e. The summed E-state index contributed by atoms with van der Waals surface area (Å²) in [5.74, 6) is -0.360. The molecule has 1 aliphatic rings. The fraction of sp³-hybridized carbons (Fsp3) is 0.364. The number of likely N-dealkylation sites (tertiary alicyclic amines) is 1. The van der Waals surface area contributed by atoms with E-state index in [9.17, 15) is 9.59 Å². The van der Waals surface area contributed by atoms with Crippen molar-refractivity contribution >= 4 is 17.7 Å². The van der Waals surface area contributed by atoms with E-state index in [0.717, 1.165) is 42.7 Å². The molecule has 0 spiro atoms. The number of urea groups is 1. The Morgan fingerprint density at radius 2 is 1.74 bits per heavy atom. The number of amides is 2. The van der Waals surface area contributed by atoms with E-state index < -0.39 is 0 Å². The van der Waals surface area contributed by atoms with Gasteiger partial charge in [-0.05, 0) is 61.6 Å². The van der Waals surface area contributed by atoms with E-state index in [0.29, 0.717) is 12.1 Å². The van der Waals surface area contributed by atoms with Gasteiger partial charge in [0.05, 0.1) is 19.2 Å². The monoisotopic (exact) mass is 366 g/mol. The molecule has 0 unspecified atom stereocenters. The van der Waals surface area contributed by atoms with Gasteiger partial charge in [0.15, 0.2) is 0 Å². The number of rotatable bonds is 4. The molecule has 5 heteroatoms. The van der Waals surface area contributed by atoms with E-state index in [1.807, 2.05) is 53.1 Å². The van der Waals surface area contributed by atoms with Crippen molar-refractivity contribution in [3.8, 4) is 0 Å². The van der Waals surface area contributed by atoms with Gasteiger partial charge in [0, 0.05) is 18.8 Å². The Labute approximate surface area is 160 Å². The molecule has 2 aromatic carbocycles. The predicted molar refractivity (Wildman–Crippen MR) is 106 cm³/mol. The van der Waals surface area contributed by atoms with Gasteiger partial charge in [-0.3, -0.25) is 4.90 Å². The highest BCUT2D eigenvalue weighted by Gasteiger charge is 2.24. The normalized spacial score (nSPS) is 13.9. The summed E-state index contributed by atoms with van der Waals surface area (Å²) < 4.78 is 4.75. The minimum Gasteiger partial charge on any atom is -0.465 e. The minimum absolute atomic E-state index is 0.0392. The van der Waals surface area contributed by atoms with E-state index >= 15 is 0 Å². The van der Waals surface area contributed by atoms with E-state index in [-0.39, 0.29) is 12.0 Å². The van der Waals surface area contributed by atoms with Gasteiger partial charge in [-0.1, -0.05) is 24.3 Å². The number of carbonyl (C=O) groups is 2. The summed E-state index contributed by atoms with van der Waals surface area (Å²) in [6.45, 7) is 4.10. The fourth-order valence-corrected chi connectivity index (χ4v) is 3.37. The van der Waals surface area contributed by atoms with Crippen molar-refractivity contribution in [2.24, 2.45) is 0 Å². The Morgan fingerprint density at radius 1 is 1.04 bits per heavy atom. The van der Waals surface area contributed by atoms with Crippen LogP contribution in [0.25, 0.3) is 0 Å². The lowest BCUT2D eigenvalue weighted by Crippen LogP contribution is -2.45. The predicted octanol–water partition coefficient (Wildman–Crippen LogP) is 4.39. The van der Waals surface area contributed by atoms with E-state index in [1.165, 1.54) is 13.5 Å². The van der Waals surface area contributed by atoms with Crippen LogP contribution < -0.4 is 4.90 Å². The van der Waals surface area contributed by atoms with Crippen LogP contribution >= 0.6 is 0 Å². The standard InChI is InChI=1S/C22H26N2O3/c1-17-7-6-8-20(15-17)24(22(26)23-13-4-3-5-14-23)16-18-9-11-19(12-10-18)21(25)27-2/h6-12,15H,3-5,13-14,16H2,1-2H3. The molecule has 1 saturated heterocycles. The molecule has 0 aliphatic carbocycles. The second kappa shape index (κ2) is 8.71. The summed E-state index contributed by atoms with van der Waals surface area (Å²) in [5.41, 5.74) is 3.48. The number of benzene rings is 2. The number of esters is 1. The Morgan fingerprint density at radius 3 is 2.37 bits per heavy atom. The number of carbonyl (C=O) groups excluding carboxylic acids is 2. The van der Waals surface area contributed by atoms with Crippen LogP contribution in [0, 0.1) is 6.92 Å². The molecule has 142 valence electrons. The molecule has 0 aromatic heterocycles. The average molecular weight is 366 g/mol. The zero-order chi connectivity index (χ0) is 19.2. The SMILES string of the molecule is COC(=O)c1ccc(CN(C(=O)N2CCCCC2)c2cccc(C)c2)cc1. The lowest BCUT2D eigenvalue weighted by molar-refractivity contribution is 0.0600. The molecule has 3 rings (SSSR count). The van der Waals surface area contributed by atoms with Gasteiger partial charge in [0.2, 0.25) is 0 Å². The summed E-state index contributed by atoms with van der Waals surface area (Å²) in [5, 5.41) is 0. The van der Waals surface area contributed by atoms with Crippen LogP contribution in [0.1, 0.15) is 40.7 Å². The molecule has 5 nitrogen and oxygen atoms in total. The molecule has 1 heterocycles. The Bertz CT molecular complexity index is 795. The molecular weight excluding hydrogens is 340 g/mol. The van der Waals surface area contributed by atoms with Gasteiger partial charge in [-0.15, -0.1) is 0 Å². The van der Waals surface area contributed by atoms with Gasteiger partial charge in [0.25, 0.3) is 0 Å². The van der Waals surface area contributed by atoms with Crippen LogP contribution in [0.2, 0.25) is 0 Å². The van der Waals surface area contributed by atoms with Crippen LogP contribution in [-0.2, 0) is 11.3 Å². The molecule has 0 atom stereocenters. The van der Waals surface area contributed by atoms with Crippen LogP contribution in [0.3, 0.4) is 0 Å². The maximum Gasteiger partial charge on any atom is 0.337 e. The van der Waals surface area contributed by atoms with Crippen LogP contribution in [0.4, 0.5) is 10.5 Å². The highest BCUT2D eigenvalue weighted by atomic mass is 16.5. The van der Waals surface area contributed by atoms with Gasteiger partial charge in [0.1, 0.15) is 0 Å². The summed E-state index contributed by atoms with van der Waals surface area (Å²) in [7, 11) is 1.37. The van der Waals surface area contributed by atoms with Crippen molar-refractivity contribution in [3.63, 3.8) is 0 Å². The third kappa shape index (κ3) is 4.67. The van der Waals surface area contributed by atoms with Gasteiger partial charge >= 0.3 is 12.0 Å². The maximum absolute atomic E-state index is 13.2. The number of piperidine rings is 1. The number of ether oxygens (including phenoxy) is 1. The second-order valence-corrected chi connectivity index (χ2v) is 6.94. The zero-order valence-corrected chi connectivity index (χ0v) is 16.0. The van der Waals surface area contributed by atoms with Crippen molar-refractivity contribution in [3.05, 3.63) is 65.2 Å². The molecular formula is C22H26N2O3. The van der Waals surface area contributed by atoms with Gasteiger partial charge < -0.3 is 9.64 Å². The summed E-state index contributed by atoms with van der Waals surface area (Å²) >= 11 is 0. The molecule has 2 aromatic rings. The molecule has 1 fully saturated rings. The highest BCUT2D eigenvalue weighted by Crippen LogP contribution is 2.22. The number of aryl methyl sites for hydroxylation is 1. The average Bonchev–Trinajstić information content (AvgIpc) is 2.72. The van der Waals surface area contributed by atoms with Gasteiger partial charge in [-0.25, -0.2) is 9.59 Å². The lowest BCUT2D eigenvalue weighted by Gasteiger charge is -2.33. The van der Waals surface area contributed by atoms with Crippen LogP contribution in [-0.4, -0.2) is 37.1 Å². The number of methoxy groups -OCH3 is 1. The van der Waals surface area contributed by atoms with E-state index in [1.54, 1.807) is 12.1 Å². The van der Waals surface area contributed by atoms with Gasteiger partial charge in [-0.2, -0.15) is 0 Å². The zero-order valence-electron chi connectivity index (χ0n) is 16.0. The maximum atomic E-state index is 13.2. The molecule has 27 heavy (non-hydrogen) atoms. The number of hydrogen-bond acceptors (Lipinski definition) is 3. The van der Waals surface area contributed by atoms with Crippen molar-refractivity contribution in [1.29, 1.82) is 0 Å². The van der Waals surface area contributed by atoms with Crippen molar-refractivity contribution in [1.82, 2.24) is 4.90 Å². The first kappa shape index (κ1) is 19.0. The van der Waals surface area contributed by atoms with Crippen molar-refractivity contribution < 1.29 is 14.3 Å². The molecule has 2 amide bonds. The van der Waals surface area contributed by atoms with Crippen LogP contribution in [0.5, 0.6) is 0 Å². The lowest BCUT2D eigenvalue weighted by atomic mass is 10.1. The van der Waals surface area contributed by atoms with Crippen LogP contribution in [0.15, 0.2) is 48.5 Å². The fourth-order valence-electron chi connectivity index (χ4n) is 3.37. The van der Waals surface area contributed by atoms with E-state index in [2.05, 4.69) is 0 Å². The first-order valence-electron chi connectivity index (χ1n) is 9.39. The number of nitrogens with zero attached hydrogens (tertiary/aromatic N) is 2. The molecule has 0 bridgehead atoms. The third-order valence-electron chi connectivity index (χ3n) is 4.89. The first-order valence-corrected chi connectivity index (χ1v) is 9.39. The largest absolute Gasteiger partial charge is 0.465 e. The molecule has 0 saturated carbocycles. The number of anilines is 1. The van der Waals surface area contributed by atoms with Crippen molar-refractivity contribution in [2.75, 3.05) is 25.1 Å².